The fourth-order valence-electron chi connectivity index (χ4n) is 1.45. The van der Waals surface area contributed by atoms with Crippen molar-refractivity contribution < 1.29 is 8.42 Å². The number of aromatic nitrogens is 2. The summed E-state index contributed by atoms with van der Waals surface area (Å²) in [4.78, 5) is -0.0659. The summed E-state index contributed by atoms with van der Waals surface area (Å²) < 4.78 is 24.2. The molecule has 2 rings (SSSR count). The highest BCUT2D eigenvalue weighted by Crippen LogP contribution is 2.21. The van der Waals surface area contributed by atoms with Crippen LogP contribution in [0.1, 0.15) is 5.56 Å². The zero-order valence-electron chi connectivity index (χ0n) is 8.75. The average Bonchev–Trinajstić information content (AvgIpc) is 2.72. The van der Waals surface area contributed by atoms with Crippen molar-refractivity contribution in [2.75, 3.05) is 0 Å². The van der Waals surface area contributed by atoms with E-state index in [2.05, 4.69) is 5.10 Å². The van der Waals surface area contributed by atoms with Crippen molar-refractivity contribution in [1.82, 2.24) is 9.78 Å². The molecule has 17 heavy (non-hydrogen) atoms. The van der Waals surface area contributed by atoms with E-state index in [4.69, 9.17) is 16.7 Å². The van der Waals surface area contributed by atoms with Crippen LogP contribution in [-0.4, -0.2) is 18.2 Å². The first-order valence-corrected chi connectivity index (χ1v) is 6.68. The minimum absolute atomic E-state index is 0.0659. The SMILES string of the molecule is NS(=O)(=O)c1cc(Cn2cccn2)ccc1Cl. The minimum Gasteiger partial charge on any atom is -0.268 e. The molecule has 1 aromatic carbocycles. The molecule has 0 unspecified atom stereocenters. The molecule has 90 valence electrons. The van der Waals surface area contributed by atoms with Gasteiger partial charge in [0.1, 0.15) is 4.90 Å². The summed E-state index contributed by atoms with van der Waals surface area (Å²) in [5.74, 6) is 0. The zero-order chi connectivity index (χ0) is 12.5. The van der Waals surface area contributed by atoms with Crippen LogP contribution in [-0.2, 0) is 16.6 Å². The zero-order valence-corrected chi connectivity index (χ0v) is 10.3. The van der Waals surface area contributed by atoms with Crippen molar-refractivity contribution in [3.8, 4) is 0 Å². The second kappa shape index (κ2) is 4.48. The van der Waals surface area contributed by atoms with Crippen LogP contribution in [0.3, 0.4) is 0 Å². The van der Waals surface area contributed by atoms with Crippen LogP contribution in [0.15, 0.2) is 41.6 Å². The van der Waals surface area contributed by atoms with Crippen molar-refractivity contribution in [1.29, 1.82) is 0 Å². The van der Waals surface area contributed by atoms with E-state index in [1.54, 1.807) is 29.2 Å². The van der Waals surface area contributed by atoms with Crippen molar-refractivity contribution in [2.24, 2.45) is 5.14 Å². The third-order valence-corrected chi connectivity index (χ3v) is 3.60. The van der Waals surface area contributed by atoms with Gasteiger partial charge in [-0.3, -0.25) is 4.68 Å². The lowest BCUT2D eigenvalue weighted by Gasteiger charge is -2.06. The number of nitrogens with two attached hydrogens (primary N) is 1. The number of primary sulfonamides is 1. The van der Waals surface area contributed by atoms with Gasteiger partial charge in [0.15, 0.2) is 0 Å². The molecule has 0 bridgehead atoms. The minimum atomic E-state index is -3.80. The van der Waals surface area contributed by atoms with Gasteiger partial charge in [-0.15, -0.1) is 0 Å². The van der Waals surface area contributed by atoms with E-state index < -0.39 is 10.0 Å². The fraction of sp³-hybridized carbons (Fsp3) is 0.100. The van der Waals surface area contributed by atoms with Gasteiger partial charge in [0.2, 0.25) is 10.0 Å². The monoisotopic (exact) mass is 271 g/mol. The maximum absolute atomic E-state index is 11.3. The lowest BCUT2D eigenvalue weighted by molar-refractivity contribution is 0.597. The fourth-order valence-corrected chi connectivity index (χ4v) is 2.54. The van der Waals surface area contributed by atoms with Gasteiger partial charge >= 0.3 is 0 Å². The third-order valence-electron chi connectivity index (χ3n) is 2.21. The molecule has 1 heterocycles. The summed E-state index contributed by atoms with van der Waals surface area (Å²) in [5, 5.41) is 9.22. The van der Waals surface area contributed by atoms with E-state index in [9.17, 15) is 8.42 Å². The van der Waals surface area contributed by atoms with Crippen LogP contribution in [0.5, 0.6) is 0 Å². The van der Waals surface area contributed by atoms with Gasteiger partial charge in [-0.25, -0.2) is 13.6 Å². The van der Waals surface area contributed by atoms with E-state index >= 15 is 0 Å². The molecule has 0 aliphatic heterocycles. The number of benzene rings is 1. The molecule has 5 nitrogen and oxygen atoms in total. The topological polar surface area (TPSA) is 78.0 Å². The molecule has 0 atom stereocenters. The molecule has 0 fully saturated rings. The Kier molecular flexibility index (Phi) is 3.19. The Bertz CT molecular complexity index is 623. The third kappa shape index (κ3) is 2.85. The van der Waals surface area contributed by atoms with Crippen LogP contribution in [0, 0.1) is 0 Å². The van der Waals surface area contributed by atoms with Gasteiger partial charge < -0.3 is 0 Å². The summed E-state index contributed by atoms with van der Waals surface area (Å²) >= 11 is 5.78. The summed E-state index contributed by atoms with van der Waals surface area (Å²) in [6.07, 6.45) is 3.43. The van der Waals surface area contributed by atoms with E-state index in [1.165, 1.54) is 12.1 Å². The Balaban J connectivity index is 2.38. The highest BCUT2D eigenvalue weighted by Gasteiger charge is 2.13. The number of nitrogens with zero attached hydrogens (tertiary/aromatic N) is 2. The molecule has 0 spiro atoms. The van der Waals surface area contributed by atoms with E-state index in [0.717, 1.165) is 5.56 Å². The van der Waals surface area contributed by atoms with E-state index in [0.29, 0.717) is 6.54 Å². The molecule has 0 saturated carbocycles. The standard InChI is InChI=1S/C10H10ClN3O2S/c11-9-3-2-8(6-10(9)17(12,15)16)7-14-5-1-4-13-14/h1-6H,7H2,(H2,12,15,16). The molecule has 0 radical (unpaired) electrons. The Morgan fingerprint density at radius 1 is 1.41 bits per heavy atom. The van der Waals surface area contributed by atoms with Gasteiger partial charge in [-0.2, -0.15) is 5.10 Å². The summed E-state index contributed by atoms with van der Waals surface area (Å²) in [6.45, 7) is 0.465. The molecule has 2 aromatic rings. The van der Waals surface area contributed by atoms with Crippen LogP contribution >= 0.6 is 11.6 Å². The average molecular weight is 272 g/mol. The van der Waals surface area contributed by atoms with E-state index in [1.807, 2.05) is 0 Å². The quantitative estimate of drug-likeness (QED) is 0.912. The van der Waals surface area contributed by atoms with Gasteiger partial charge in [-0.05, 0) is 23.8 Å². The van der Waals surface area contributed by atoms with Crippen LogP contribution in [0.2, 0.25) is 5.02 Å². The van der Waals surface area contributed by atoms with Gasteiger partial charge in [-0.1, -0.05) is 17.7 Å². The summed E-state index contributed by atoms with van der Waals surface area (Å²) in [5.41, 5.74) is 0.766. The number of hydrogen-bond donors (Lipinski definition) is 1. The predicted molar refractivity (Wildman–Crippen MR) is 64.2 cm³/mol. The first-order valence-electron chi connectivity index (χ1n) is 4.75. The number of sulfonamides is 1. The van der Waals surface area contributed by atoms with E-state index in [-0.39, 0.29) is 9.92 Å². The Morgan fingerprint density at radius 3 is 2.76 bits per heavy atom. The lowest BCUT2D eigenvalue weighted by atomic mass is 10.2. The normalized spacial score (nSPS) is 11.6. The van der Waals surface area contributed by atoms with Gasteiger partial charge in [0.25, 0.3) is 0 Å². The Hall–Kier alpha value is -1.37. The van der Waals surface area contributed by atoms with Crippen molar-refractivity contribution in [3.63, 3.8) is 0 Å². The van der Waals surface area contributed by atoms with Crippen LogP contribution < -0.4 is 5.14 Å². The summed E-state index contributed by atoms with van der Waals surface area (Å²) in [6, 6.07) is 6.49. The molecule has 0 saturated heterocycles. The van der Waals surface area contributed by atoms with Gasteiger partial charge in [0.05, 0.1) is 11.6 Å². The molecule has 2 N–H and O–H groups in total. The van der Waals surface area contributed by atoms with Gasteiger partial charge in [0, 0.05) is 12.4 Å². The summed E-state index contributed by atoms with van der Waals surface area (Å²) in [7, 11) is -3.80. The molecule has 0 aliphatic carbocycles. The molecular weight excluding hydrogens is 262 g/mol. The first kappa shape index (κ1) is 12.1. The number of rotatable bonds is 3. The van der Waals surface area contributed by atoms with Crippen molar-refractivity contribution >= 4 is 21.6 Å². The maximum Gasteiger partial charge on any atom is 0.239 e. The molecule has 0 amide bonds. The molecule has 7 heteroatoms. The highest BCUT2D eigenvalue weighted by atomic mass is 35.5. The number of hydrogen-bond acceptors (Lipinski definition) is 3. The lowest BCUT2D eigenvalue weighted by Crippen LogP contribution is -2.13. The first-order chi connectivity index (χ1) is 7.97. The van der Waals surface area contributed by atoms with Crippen molar-refractivity contribution in [3.05, 3.63) is 47.2 Å². The Morgan fingerprint density at radius 2 is 2.18 bits per heavy atom. The molecule has 1 aromatic heterocycles. The molecular formula is C10H10ClN3O2S. The van der Waals surface area contributed by atoms with Crippen molar-refractivity contribution in [2.45, 2.75) is 11.4 Å². The predicted octanol–water partition coefficient (Wildman–Crippen LogP) is 1.23. The molecule has 0 aliphatic rings. The van der Waals surface area contributed by atoms with Crippen LogP contribution in [0.25, 0.3) is 0 Å². The maximum atomic E-state index is 11.3. The smallest absolute Gasteiger partial charge is 0.239 e. The van der Waals surface area contributed by atoms with Crippen LogP contribution in [0.4, 0.5) is 0 Å². The largest absolute Gasteiger partial charge is 0.268 e. The second-order valence-electron chi connectivity index (χ2n) is 3.51. The Labute approximate surface area is 104 Å². The number of halogens is 1. The second-order valence-corrected chi connectivity index (χ2v) is 5.45. The highest BCUT2D eigenvalue weighted by molar-refractivity contribution is 7.89.